The Morgan fingerprint density at radius 2 is 0.489 bits per heavy atom. The Labute approximate surface area is 547 Å². The second-order valence-electron chi connectivity index (χ2n) is 22.8. The van der Waals surface area contributed by atoms with Crippen molar-refractivity contribution in [1.29, 1.82) is 0 Å². The Morgan fingerprint density at radius 3 is 0.777 bits per heavy atom. The summed E-state index contributed by atoms with van der Waals surface area (Å²) in [6, 6.07) is 43.6. The van der Waals surface area contributed by atoms with Crippen molar-refractivity contribution in [3.8, 4) is 46.0 Å². The molecule has 9 rings (SSSR count). The van der Waals surface area contributed by atoms with E-state index in [1.165, 1.54) is 46.6 Å². The van der Waals surface area contributed by atoms with Gasteiger partial charge in [-0.15, -0.1) is 0 Å². The van der Waals surface area contributed by atoms with Gasteiger partial charge in [-0.2, -0.15) is 0 Å². The summed E-state index contributed by atoms with van der Waals surface area (Å²) in [7, 11) is 5.60. The fourth-order valence-electron chi connectivity index (χ4n) is 12.1. The lowest BCUT2D eigenvalue weighted by atomic mass is 9.92. The van der Waals surface area contributed by atoms with E-state index in [1.807, 2.05) is 121 Å². The van der Waals surface area contributed by atoms with E-state index >= 15 is 0 Å². The maximum atomic E-state index is 14.6. The van der Waals surface area contributed by atoms with Crippen LogP contribution in [0.2, 0.25) is 0 Å². The van der Waals surface area contributed by atoms with Crippen molar-refractivity contribution in [2.24, 2.45) is 0 Å². The minimum absolute atomic E-state index is 0.0266. The van der Waals surface area contributed by atoms with Crippen molar-refractivity contribution >= 4 is 35.8 Å². The number of esters is 6. The third-order valence-corrected chi connectivity index (χ3v) is 17.4. The molecule has 0 saturated carbocycles. The maximum Gasteiger partial charge on any atom is 0.347 e. The highest BCUT2D eigenvalue weighted by Gasteiger charge is 2.35. The SMILES string of the molecule is COc1c(C)c(OC(=O)c2c(C)c(C)c(C(=O)Oc3cccc(OC(=O)c4c(C)c(C)c(C(=O)Oc5c(C)c(C)c(C(=O)OC(c6ccccc6)c6ccccc6)c(OC)c5C)c(OC)c4C)c3)c(C)c2OC)c(C)c(C)c1C(=O)OC(c1ccccc1)c1ccccc1. The molecular formula is C78H74O16. The Morgan fingerprint density at radius 1 is 0.245 bits per heavy atom. The zero-order chi connectivity index (χ0) is 68.0. The summed E-state index contributed by atoms with van der Waals surface area (Å²) in [5.74, 6) is -3.59. The molecule has 0 aromatic heterocycles. The molecule has 0 radical (unpaired) electrons. The van der Waals surface area contributed by atoms with Crippen molar-refractivity contribution in [2.45, 2.75) is 95.3 Å². The van der Waals surface area contributed by atoms with Crippen LogP contribution in [0, 0.1) is 83.1 Å². The minimum Gasteiger partial charge on any atom is -0.496 e. The molecule has 9 aromatic carbocycles. The summed E-state index contributed by atoms with van der Waals surface area (Å²) in [6.07, 6.45) is -1.46. The average molecular weight is 1270 g/mol. The molecule has 0 N–H and O–H groups in total. The van der Waals surface area contributed by atoms with Crippen LogP contribution < -0.4 is 37.9 Å². The van der Waals surface area contributed by atoms with E-state index in [-0.39, 0.29) is 90.5 Å². The minimum atomic E-state index is -0.793. The molecule has 9 aromatic rings. The van der Waals surface area contributed by atoms with Gasteiger partial charge in [0.05, 0.1) is 39.6 Å². The Bertz CT molecular complexity index is 4080. The number of benzene rings is 9. The largest absolute Gasteiger partial charge is 0.496 e. The van der Waals surface area contributed by atoms with Gasteiger partial charge < -0.3 is 47.4 Å². The lowest BCUT2D eigenvalue weighted by molar-refractivity contribution is 0.0364. The van der Waals surface area contributed by atoms with E-state index in [1.54, 1.807) is 89.2 Å². The first-order chi connectivity index (χ1) is 45.0. The third kappa shape index (κ3) is 13.1. The normalized spacial score (nSPS) is 11.0. The van der Waals surface area contributed by atoms with E-state index in [0.29, 0.717) is 55.6 Å². The van der Waals surface area contributed by atoms with Crippen LogP contribution >= 0.6 is 0 Å². The van der Waals surface area contributed by atoms with Gasteiger partial charge in [0.2, 0.25) is 0 Å². The first-order valence-electron chi connectivity index (χ1n) is 30.3. The second kappa shape index (κ2) is 28.7. The summed E-state index contributed by atoms with van der Waals surface area (Å²) in [5.41, 5.74) is 8.59. The summed E-state index contributed by atoms with van der Waals surface area (Å²) >= 11 is 0. The zero-order valence-electron chi connectivity index (χ0n) is 55.5. The van der Waals surface area contributed by atoms with Crippen molar-refractivity contribution in [1.82, 2.24) is 0 Å². The molecule has 482 valence electrons. The average Bonchev–Trinajstić information content (AvgIpc) is 0.771. The van der Waals surface area contributed by atoms with Gasteiger partial charge in [-0.1, -0.05) is 127 Å². The van der Waals surface area contributed by atoms with Crippen LogP contribution in [0.15, 0.2) is 146 Å². The van der Waals surface area contributed by atoms with Crippen molar-refractivity contribution in [2.75, 3.05) is 28.4 Å². The smallest absolute Gasteiger partial charge is 0.347 e. The Balaban J connectivity index is 0.924. The highest BCUT2D eigenvalue weighted by molar-refractivity contribution is 6.04. The fourth-order valence-corrected chi connectivity index (χ4v) is 12.1. The van der Waals surface area contributed by atoms with E-state index < -0.39 is 48.0 Å². The van der Waals surface area contributed by atoms with Gasteiger partial charge in [-0.25, -0.2) is 28.8 Å². The van der Waals surface area contributed by atoms with E-state index in [0.717, 1.165) is 22.3 Å². The lowest BCUT2D eigenvalue weighted by Crippen LogP contribution is -2.21. The van der Waals surface area contributed by atoms with Crippen molar-refractivity contribution in [3.63, 3.8) is 0 Å². The summed E-state index contributed by atoms with van der Waals surface area (Å²) in [6.45, 7) is 20.2. The monoisotopic (exact) mass is 1270 g/mol. The summed E-state index contributed by atoms with van der Waals surface area (Å²) in [4.78, 5) is 86.4. The van der Waals surface area contributed by atoms with Crippen molar-refractivity contribution < 1.29 is 76.1 Å². The molecule has 0 aliphatic carbocycles. The van der Waals surface area contributed by atoms with E-state index in [9.17, 15) is 28.8 Å². The molecule has 0 heterocycles. The van der Waals surface area contributed by atoms with Gasteiger partial charge in [-0.05, 0) is 162 Å². The fraction of sp³-hybridized carbons (Fsp3) is 0.231. The molecule has 0 amide bonds. The number of carbonyl (C=O) groups is 6. The second-order valence-corrected chi connectivity index (χ2v) is 22.8. The van der Waals surface area contributed by atoms with Crippen LogP contribution in [-0.2, 0) is 9.47 Å². The number of rotatable bonds is 20. The van der Waals surface area contributed by atoms with Crippen LogP contribution in [-0.4, -0.2) is 64.3 Å². The highest BCUT2D eigenvalue weighted by Crippen LogP contribution is 2.45. The number of hydrogen-bond donors (Lipinski definition) is 0. The molecule has 0 saturated heterocycles. The Kier molecular flexibility index (Phi) is 20.6. The molecule has 94 heavy (non-hydrogen) atoms. The lowest BCUT2D eigenvalue weighted by Gasteiger charge is -2.24. The number of ether oxygens (including phenoxy) is 10. The highest BCUT2D eigenvalue weighted by atomic mass is 16.6. The van der Waals surface area contributed by atoms with Gasteiger partial charge in [-0.3, -0.25) is 0 Å². The predicted octanol–water partition coefficient (Wildman–Crippen LogP) is 16.2. The number of hydrogen-bond acceptors (Lipinski definition) is 16. The van der Waals surface area contributed by atoms with Crippen LogP contribution in [0.1, 0.15) is 163 Å². The van der Waals surface area contributed by atoms with Gasteiger partial charge in [0.25, 0.3) is 0 Å². The number of carbonyl (C=O) groups excluding carboxylic acids is 6. The van der Waals surface area contributed by atoms with E-state index in [2.05, 4.69) is 0 Å². The number of methoxy groups -OCH3 is 4. The molecule has 0 aliphatic rings. The first kappa shape index (κ1) is 67.4. The van der Waals surface area contributed by atoms with Crippen LogP contribution in [0.4, 0.5) is 0 Å². The van der Waals surface area contributed by atoms with Gasteiger partial charge >= 0.3 is 35.8 Å². The topological polar surface area (TPSA) is 195 Å². The van der Waals surface area contributed by atoms with Crippen molar-refractivity contribution in [3.05, 3.63) is 268 Å². The summed E-state index contributed by atoms with van der Waals surface area (Å²) < 4.78 is 60.3. The Hall–Kier alpha value is -11.0. The first-order valence-corrected chi connectivity index (χ1v) is 30.3. The quantitative estimate of drug-likeness (QED) is 0.0516. The molecule has 0 spiro atoms. The molecule has 0 fully saturated rings. The standard InChI is InChI=1S/C78H74O16/c1-41-43(3)61(75(81)91-65-47(7)45(5)63(69(87-15)51(65)11)77(83)93-71(53-30-21-17-22-31-53)54-32-23-18-24-33-54)67(85-13)49(9)59(41)73(79)89-57-38-29-39-58(40-57)90-74(80)60-42(2)44(4)62(68(86-14)50(60)10)76(82)92-66-48(8)46(6)64(70(88-16)52(66)12)78(84)94-72(55-34-25-19-26-35-55)56-36-27-20-28-37-56/h17-40,71-72H,1-16H3. The molecule has 0 aliphatic heterocycles. The molecular weight excluding hydrogens is 1190 g/mol. The van der Waals surface area contributed by atoms with Gasteiger partial charge in [0, 0.05) is 28.3 Å². The third-order valence-electron chi connectivity index (χ3n) is 17.4. The molecule has 0 atom stereocenters. The molecule has 0 unspecified atom stereocenters. The van der Waals surface area contributed by atoms with Gasteiger partial charge in [0.1, 0.15) is 68.2 Å². The maximum absolute atomic E-state index is 14.6. The predicted molar refractivity (Wildman–Crippen MR) is 355 cm³/mol. The molecule has 16 nitrogen and oxygen atoms in total. The van der Waals surface area contributed by atoms with Gasteiger partial charge in [0.15, 0.2) is 12.2 Å². The molecule has 0 bridgehead atoms. The van der Waals surface area contributed by atoms with Crippen LogP contribution in [0.3, 0.4) is 0 Å². The van der Waals surface area contributed by atoms with Crippen LogP contribution in [0.5, 0.6) is 46.0 Å². The van der Waals surface area contributed by atoms with E-state index in [4.69, 9.17) is 47.4 Å². The zero-order valence-corrected chi connectivity index (χ0v) is 55.5. The molecule has 16 heteroatoms. The van der Waals surface area contributed by atoms with Crippen LogP contribution in [0.25, 0.3) is 0 Å². The summed E-state index contributed by atoms with van der Waals surface area (Å²) in [5, 5.41) is 0.